The van der Waals surface area contributed by atoms with Gasteiger partial charge in [0, 0.05) is 0 Å². The Kier molecular flexibility index (Phi) is 3.24. The Morgan fingerprint density at radius 2 is 1.62 bits per heavy atom. The van der Waals surface area contributed by atoms with Crippen LogP contribution >= 0.6 is 34.5 Å². The van der Waals surface area contributed by atoms with Gasteiger partial charge in [-0.25, -0.2) is 4.90 Å². The minimum Gasteiger partial charge on any atom is -0.365 e. The second kappa shape index (κ2) is 4.84. The molecule has 1 aromatic heterocycles. The first-order chi connectivity index (χ1) is 9.91. The lowest BCUT2D eigenvalue weighted by atomic mass is 10.1. The van der Waals surface area contributed by atoms with E-state index in [1.54, 1.807) is 5.38 Å². The molecular weight excluding hydrogens is 335 g/mol. The number of hydrogen-bond donors (Lipinski definition) is 1. The number of nitrogens with zero attached hydrogens (tertiary/aromatic N) is 1. The van der Waals surface area contributed by atoms with Gasteiger partial charge in [-0.15, -0.1) is 11.3 Å². The highest BCUT2D eigenvalue weighted by Gasteiger charge is 2.39. The third kappa shape index (κ3) is 2.03. The molecule has 106 valence electrons. The maximum absolute atomic E-state index is 12.4. The summed E-state index contributed by atoms with van der Waals surface area (Å²) in [7, 11) is 0. The van der Waals surface area contributed by atoms with Crippen molar-refractivity contribution in [1.82, 2.24) is 0 Å². The summed E-state index contributed by atoms with van der Waals surface area (Å²) in [6.07, 6.45) is 0. The van der Waals surface area contributed by atoms with E-state index in [1.165, 1.54) is 18.2 Å². The molecule has 1 aromatic carbocycles. The van der Waals surface area contributed by atoms with Crippen molar-refractivity contribution in [1.29, 1.82) is 0 Å². The number of fused-ring (bicyclic) bond motifs is 1. The minimum absolute atomic E-state index is 0.140. The number of halogens is 2. The Bertz CT molecular complexity index is 775. The maximum Gasteiger partial charge on any atom is 0.266 e. The van der Waals surface area contributed by atoms with Crippen LogP contribution in [0, 0.1) is 0 Å². The van der Waals surface area contributed by atoms with E-state index in [9.17, 15) is 14.4 Å². The first-order valence-corrected chi connectivity index (χ1v) is 7.30. The van der Waals surface area contributed by atoms with Gasteiger partial charge < -0.3 is 5.73 Å². The van der Waals surface area contributed by atoms with Crippen LogP contribution in [0.1, 0.15) is 30.4 Å². The van der Waals surface area contributed by atoms with Gasteiger partial charge in [0.2, 0.25) is 0 Å². The summed E-state index contributed by atoms with van der Waals surface area (Å²) in [4.78, 5) is 37.2. The van der Waals surface area contributed by atoms with Crippen LogP contribution in [0.2, 0.25) is 10.0 Å². The summed E-state index contributed by atoms with van der Waals surface area (Å²) in [6.45, 7) is 0. The molecule has 2 heterocycles. The Morgan fingerprint density at radius 1 is 1.10 bits per heavy atom. The van der Waals surface area contributed by atoms with Crippen LogP contribution in [0.3, 0.4) is 0 Å². The molecule has 2 aromatic rings. The van der Waals surface area contributed by atoms with E-state index < -0.39 is 17.7 Å². The Labute approximate surface area is 132 Å². The number of nitrogens with two attached hydrogens (primary N) is 1. The van der Waals surface area contributed by atoms with Crippen LogP contribution in [-0.4, -0.2) is 17.7 Å². The lowest BCUT2D eigenvalue weighted by Gasteiger charge is -2.13. The van der Waals surface area contributed by atoms with E-state index in [2.05, 4.69) is 0 Å². The Balaban J connectivity index is 2.16. The van der Waals surface area contributed by atoms with E-state index in [4.69, 9.17) is 28.9 Å². The highest BCUT2D eigenvalue weighted by Crippen LogP contribution is 2.36. The molecular formula is C13H6Cl2N2O3S. The Hall–Kier alpha value is -1.89. The fourth-order valence-electron chi connectivity index (χ4n) is 2.12. The molecule has 21 heavy (non-hydrogen) atoms. The number of carbonyl (C=O) groups excluding carboxylic acids is 3. The minimum atomic E-state index is -0.701. The highest BCUT2D eigenvalue weighted by molar-refractivity contribution is 7.12. The fourth-order valence-corrected chi connectivity index (χ4v) is 3.17. The van der Waals surface area contributed by atoms with E-state index in [-0.39, 0.29) is 31.7 Å². The van der Waals surface area contributed by atoms with Gasteiger partial charge in [0.1, 0.15) is 4.88 Å². The second-order valence-electron chi connectivity index (χ2n) is 4.26. The van der Waals surface area contributed by atoms with Gasteiger partial charge in [0.15, 0.2) is 0 Å². The predicted octanol–water partition coefficient (Wildman–Crippen LogP) is 2.95. The van der Waals surface area contributed by atoms with Crippen molar-refractivity contribution in [3.8, 4) is 0 Å². The molecule has 0 saturated heterocycles. The van der Waals surface area contributed by atoms with Crippen LogP contribution in [0.15, 0.2) is 23.6 Å². The lowest BCUT2D eigenvalue weighted by molar-refractivity contribution is 0.0926. The van der Waals surface area contributed by atoms with Gasteiger partial charge in [-0.1, -0.05) is 23.2 Å². The first-order valence-electron chi connectivity index (χ1n) is 5.67. The van der Waals surface area contributed by atoms with Crippen molar-refractivity contribution in [2.24, 2.45) is 5.73 Å². The molecule has 1 aliphatic rings. The summed E-state index contributed by atoms with van der Waals surface area (Å²) in [6, 6.07) is 4.18. The number of primary amides is 1. The van der Waals surface area contributed by atoms with Crippen molar-refractivity contribution >= 4 is 57.9 Å². The number of imide groups is 1. The molecule has 3 rings (SSSR count). The molecule has 5 nitrogen and oxygen atoms in total. The van der Waals surface area contributed by atoms with Gasteiger partial charge in [-0.2, -0.15) is 0 Å². The number of thiophene rings is 1. The molecule has 0 unspecified atom stereocenters. The van der Waals surface area contributed by atoms with Crippen molar-refractivity contribution in [2.45, 2.75) is 0 Å². The molecule has 0 spiro atoms. The molecule has 0 bridgehead atoms. The number of anilines is 1. The number of carbonyl (C=O) groups is 3. The summed E-state index contributed by atoms with van der Waals surface area (Å²) in [5.41, 5.74) is 5.72. The number of benzene rings is 1. The van der Waals surface area contributed by atoms with E-state index in [1.807, 2.05) is 0 Å². The molecule has 3 amide bonds. The summed E-state index contributed by atoms with van der Waals surface area (Å²) < 4.78 is 0. The van der Waals surface area contributed by atoms with Gasteiger partial charge in [-0.05, 0) is 23.6 Å². The average Bonchev–Trinajstić information content (AvgIpc) is 2.97. The molecule has 0 fully saturated rings. The van der Waals surface area contributed by atoms with Crippen molar-refractivity contribution in [2.75, 3.05) is 4.90 Å². The normalized spacial score (nSPS) is 13.7. The average molecular weight is 341 g/mol. The zero-order valence-corrected chi connectivity index (χ0v) is 12.6. The lowest BCUT2D eigenvalue weighted by Crippen LogP contribution is -2.30. The number of amides is 3. The zero-order chi connectivity index (χ0) is 15.3. The van der Waals surface area contributed by atoms with Crippen molar-refractivity contribution in [3.63, 3.8) is 0 Å². The molecule has 0 atom stereocenters. The van der Waals surface area contributed by atoms with Gasteiger partial charge in [0.25, 0.3) is 17.7 Å². The second-order valence-corrected chi connectivity index (χ2v) is 5.99. The largest absolute Gasteiger partial charge is 0.365 e. The monoisotopic (exact) mass is 340 g/mol. The van der Waals surface area contributed by atoms with Crippen LogP contribution in [0.4, 0.5) is 5.69 Å². The van der Waals surface area contributed by atoms with Crippen LogP contribution < -0.4 is 10.6 Å². The van der Waals surface area contributed by atoms with Crippen molar-refractivity contribution in [3.05, 3.63) is 49.6 Å². The van der Waals surface area contributed by atoms with Crippen LogP contribution in [0.25, 0.3) is 0 Å². The quantitative estimate of drug-likeness (QED) is 0.853. The van der Waals surface area contributed by atoms with Gasteiger partial charge >= 0.3 is 0 Å². The van der Waals surface area contributed by atoms with E-state index >= 15 is 0 Å². The molecule has 2 N–H and O–H groups in total. The van der Waals surface area contributed by atoms with E-state index in [0.717, 1.165) is 16.2 Å². The first kappa shape index (κ1) is 14.1. The standard InChI is InChI=1S/C13H6Cl2N2O3S/c14-7-3-5-6(4-8(7)15)13(20)17(12(5)19)9-1-2-21-10(9)11(16)18/h1-4H,(H2,16,18). The van der Waals surface area contributed by atoms with Crippen LogP contribution in [-0.2, 0) is 0 Å². The maximum atomic E-state index is 12.4. The molecule has 0 saturated carbocycles. The molecule has 0 aliphatic carbocycles. The zero-order valence-electron chi connectivity index (χ0n) is 10.2. The Morgan fingerprint density at radius 3 is 2.10 bits per heavy atom. The summed E-state index contributed by atoms with van der Waals surface area (Å²) in [5, 5.41) is 1.94. The fraction of sp³-hybridized carbons (Fsp3) is 0. The molecule has 8 heteroatoms. The SMILES string of the molecule is NC(=O)c1sccc1N1C(=O)c2cc(Cl)c(Cl)cc2C1=O. The summed E-state index contributed by atoms with van der Waals surface area (Å²) in [5.74, 6) is -1.82. The third-order valence-electron chi connectivity index (χ3n) is 3.04. The molecule has 1 aliphatic heterocycles. The van der Waals surface area contributed by atoms with Gasteiger partial charge in [-0.3, -0.25) is 14.4 Å². The predicted molar refractivity (Wildman–Crippen MR) is 80.4 cm³/mol. The third-order valence-corrected chi connectivity index (χ3v) is 4.68. The highest BCUT2D eigenvalue weighted by atomic mass is 35.5. The summed E-state index contributed by atoms with van der Waals surface area (Å²) >= 11 is 12.8. The van der Waals surface area contributed by atoms with Crippen LogP contribution in [0.5, 0.6) is 0 Å². The van der Waals surface area contributed by atoms with E-state index in [0.29, 0.717) is 0 Å². The van der Waals surface area contributed by atoms with Crippen molar-refractivity contribution < 1.29 is 14.4 Å². The number of rotatable bonds is 2. The molecule has 0 radical (unpaired) electrons. The smallest absolute Gasteiger partial charge is 0.266 e. The number of hydrogen-bond acceptors (Lipinski definition) is 4. The topological polar surface area (TPSA) is 80.5 Å². The van der Waals surface area contributed by atoms with Gasteiger partial charge in [0.05, 0.1) is 26.9 Å².